The maximum absolute atomic E-state index is 11.0. The Morgan fingerprint density at radius 1 is 1.33 bits per heavy atom. The van der Waals surface area contributed by atoms with Gasteiger partial charge in [0.2, 0.25) is 0 Å². The molecule has 0 bridgehead atoms. The van der Waals surface area contributed by atoms with Crippen LogP contribution in [0.3, 0.4) is 0 Å². The van der Waals surface area contributed by atoms with Crippen molar-refractivity contribution < 1.29 is 9.90 Å². The zero-order valence-corrected chi connectivity index (χ0v) is 12.6. The van der Waals surface area contributed by atoms with E-state index in [-0.39, 0.29) is 0 Å². The standard InChI is InChI=1S/C14H30N2O2/c1-6-12(7-2)16(10-11(3)4)9-8-14(5,15)13(17)18/h11-12H,6-10,15H2,1-5H3,(H,17,18). The van der Waals surface area contributed by atoms with Crippen molar-refractivity contribution in [3.8, 4) is 0 Å². The molecule has 0 saturated carbocycles. The number of carboxylic acid groups (broad SMARTS) is 1. The molecule has 0 rings (SSSR count). The smallest absolute Gasteiger partial charge is 0.323 e. The summed E-state index contributed by atoms with van der Waals surface area (Å²) in [6, 6.07) is 0.525. The molecule has 0 aromatic heterocycles. The molecule has 0 aliphatic carbocycles. The lowest BCUT2D eigenvalue weighted by Crippen LogP contribution is -2.49. The summed E-state index contributed by atoms with van der Waals surface area (Å²) in [4.78, 5) is 13.4. The molecule has 0 amide bonds. The second-order valence-electron chi connectivity index (χ2n) is 5.83. The van der Waals surface area contributed by atoms with Gasteiger partial charge in [-0.1, -0.05) is 27.7 Å². The molecule has 0 aliphatic rings. The highest BCUT2D eigenvalue weighted by molar-refractivity contribution is 5.77. The predicted molar refractivity (Wildman–Crippen MR) is 75.6 cm³/mol. The SMILES string of the molecule is CCC(CC)N(CCC(C)(N)C(=O)O)CC(C)C. The molecule has 108 valence electrons. The third-order valence-corrected chi connectivity index (χ3v) is 3.47. The second kappa shape index (κ2) is 7.74. The minimum Gasteiger partial charge on any atom is -0.480 e. The van der Waals surface area contributed by atoms with Gasteiger partial charge in [-0.25, -0.2) is 0 Å². The van der Waals surface area contributed by atoms with Gasteiger partial charge in [0.1, 0.15) is 5.54 Å². The van der Waals surface area contributed by atoms with E-state index in [4.69, 9.17) is 10.8 Å². The van der Waals surface area contributed by atoms with Gasteiger partial charge in [0.15, 0.2) is 0 Å². The van der Waals surface area contributed by atoms with Crippen LogP contribution in [0.2, 0.25) is 0 Å². The van der Waals surface area contributed by atoms with E-state index in [2.05, 4.69) is 32.6 Å². The molecule has 18 heavy (non-hydrogen) atoms. The monoisotopic (exact) mass is 258 g/mol. The molecule has 0 aliphatic heterocycles. The Kier molecular flexibility index (Phi) is 7.48. The Labute approximate surface area is 112 Å². The number of carbonyl (C=O) groups is 1. The molecule has 0 fully saturated rings. The molecule has 0 heterocycles. The Morgan fingerprint density at radius 3 is 2.17 bits per heavy atom. The van der Waals surface area contributed by atoms with Gasteiger partial charge in [0, 0.05) is 19.1 Å². The Bertz CT molecular complexity index is 248. The zero-order valence-electron chi connectivity index (χ0n) is 12.6. The van der Waals surface area contributed by atoms with Gasteiger partial charge in [0.25, 0.3) is 0 Å². The van der Waals surface area contributed by atoms with Crippen LogP contribution in [0.1, 0.15) is 53.9 Å². The van der Waals surface area contributed by atoms with Gasteiger partial charge < -0.3 is 15.7 Å². The average molecular weight is 258 g/mol. The number of nitrogens with two attached hydrogens (primary N) is 1. The van der Waals surface area contributed by atoms with E-state index in [0.29, 0.717) is 18.4 Å². The van der Waals surface area contributed by atoms with Crippen molar-refractivity contribution in [2.45, 2.75) is 65.5 Å². The molecule has 1 unspecified atom stereocenters. The maximum Gasteiger partial charge on any atom is 0.323 e. The fourth-order valence-corrected chi connectivity index (χ4v) is 2.18. The summed E-state index contributed by atoms with van der Waals surface area (Å²) < 4.78 is 0. The fourth-order valence-electron chi connectivity index (χ4n) is 2.18. The highest BCUT2D eigenvalue weighted by atomic mass is 16.4. The first kappa shape index (κ1) is 17.4. The van der Waals surface area contributed by atoms with E-state index < -0.39 is 11.5 Å². The third-order valence-electron chi connectivity index (χ3n) is 3.47. The van der Waals surface area contributed by atoms with Crippen LogP contribution in [0.25, 0.3) is 0 Å². The van der Waals surface area contributed by atoms with E-state index in [1.54, 1.807) is 6.92 Å². The number of carboxylic acids is 1. The number of aliphatic carboxylic acids is 1. The largest absolute Gasteiger partial charge is 0.480 e. The van der Waals surface area contributed by atoms with Gasteiger partial charge in [-0.05, 0) is 32.1 Å². The van der Waals surface area contributed by atoms with Crippen LogP contribution in [0.15, 0.2) is 0 Å². The fraction of sp³-hybridized carbons (Fsp3) is 0.929. The van der Waals surface area contributed by atoms with Crippen molar-refractivity contribution in [1.29, 1.82) is 0 Å². The Balaban J connectivity index is 4.55. The van der Waals surface area contributed by atoms with Crippen molar-refractivity contribution >= 4 is 5.97 Å². The molecule has 0 radical (unpaired) electrons. The third kappa shape index (κ3) is 5.83. The van der Waals surface area contributed by atoms with Gasteiger partial charge in [0.05, 0.1) is 0 Å². The minimum atomic E-state index is -1.12. The zero-order chi connectivity index (χ0) is 14.3. The summed E-state index contributed by atoms with van der Waals surface area (Å²) in [7, 11) is 0. The lowest BCUT2D eigenvalue weighted by atomic mass is 9.98. The lowest BCUT2D eigenvalue weighted by molar-refractivity contribution is -0.143. The molecular weight excluding hydrogens is 228 g/mol. The second-order valence-corrected chi connectivity index (χ2v) is 5.83. The average Bonchev–Trinajstić information content (AvgIpc) is 2.26. The Morgan fingerprint density at radius 2 is 1.83 bits per heavy atom. The molecule has 0 aromatic rings. The number of hydrogen-bond donors (Lipinski definition) is 2. The molecule has 1 atom stereocenters. The molecule has 0 saturated heterocycles. The van der Waals surface area contributed by atoms with Crippen molar-refractivity contribution in [2.24, 2.45) is 11.7 Å². The minimum absolute atomic E-state index is 0.492. The van der Waals surface area contributed by atoms with Crippen LogP contribution in [0, 0.1) is 5.92 Å². The summed E-state index contributed by atoms with van der Waals surface area (Å²) in [5.74, 6) is -0.337. The van der Waals surface area contributed by atoms with Crippen LogP contribution in [-0.4, -0.2) is 40.6 Å². The first-order chi connectivity index (χ1) is 8.24. The summed E-state index contributed by atoms with van der Waals surface area (Å²) in [6.45, 7) is 12.1. The molecule has 4 nitrogen and oxygen atoms in total. The summed E-state index contributed by atoms with van der Waals surface area (Å²) >= 11 is 0. The number of hydrogen-bond acceptors (Lipinski definition) is 3. The van der Waals surface area contributed by atoms with E-state index >= 15 is 0 Å². The summed E-state index contributed by atoms with van der Waals surface area (Å²) in [6.07, 6.45) is 2.68. The Hall–Kier alpha value is -0.610. The highest BCUT2D eigenvalue weighted by Crippen LogP contribution is 2.15. The first-order valence-electron chi connectivity index (χ1n) is 7.00. The van der Waals surface area contributed by atoms with E-state index in [1.807, 2.05) is 0 Å². The molecule has 0 aromatic carbocycles. The summed E-state index contributed by atoms with van der Waals surface area (Å²) in [5, 5.41) is 9.05. The van der Waals surface area contributed by atoms with Crippen LogP contribution in [-0.2, 0) is 4.79 Å². The van der Waals surface area contributed by atoms with E-state index in [0.717, 1.165) is 25.9 Å². The molecule has 0 spiro atoms. The molecular formula is C14H30N2O2. The molecule has 4 heteroatoms. The predicted octanol–water partition coefficient (Wildman–Crippen LogP) is 2.33. The van der Waals surface area contributed by atoms with Gasteiger partial charge >= 0.3 is 5.97 Å². The van der Waals surface area contributed by atoms with Gasteiger partial charge in [-0.15, -0.1) is 0 Å². The van der Waals surface area contributed by atoms with Crippen molar-refractivity contribution in [2.75, 3.05) is 13.1 Å². The van der Waals surface area contributed by atoms with E-state index in [1.165, 1.54) is 0 Å². The van der Waals surface area contributed by atoms with Crippen LogP contribution in [0.5, 0.6) is 0 Å². The van der Waals surface area contributed by atoms with Crippen LogP contribution < -0.4 is 5.73 Å². The number of rotatable bonds is 9. The van der Waals surface area contributed by atoms with Crippen LogP contribution in [0.4, 0.5) is 0 Å². The highest BCUT2D eigenvalue weighted by Gasteiger charge is 2.29. The van der Waals surface area contributed by atoms with Crippen molar-refractivity contribution in [1.82, 2.24) is 4.90 Å². The number of nitrogens with zero attached hydrogens (tertiary/aromatic N) is 1. The lowest BCUT2D eigenvalue weighted by Gasteiger charge is -2.33. The van der Waals surface area contributed by atoms with Crippen molar-refractivity contribution in [3.05, 3.63) is 0 Å². The maximum atomic E-state index is 11.0. The van der Waals surface area contributed by atoms with Gasteiger partial charge in [-0.3, -0.25) is 4.79 Å². The van der Waals surface area contributed by atoms with Crippen molar-refractivity contribution in [3.63, 3.8) is 0 Å². The topological polar surface area (TPSA) is 66.6 Å². The normalized spacial score (nSPS) is 15.4. The first-order valence-corrected chi connectivity index (χ1v) is 7.00. The van der Waals surface area contributed by atoms with Gasteiger partial charge in [-0.2, -0.15) is 0 Å². The quantitative estimate of drug-likeness (QED) is 0.666. The molecule has 3 N–H and O–H groups in total. The van der Waals surface area contributed by atoms with Crippen LogP contribution >= 0.6 is 0 Å². The van der Waals surface area contributed by atoms with E-state index in [9.17, 15) is 4.79 Å². The summed E-state index contributed by atoms with van der Waals surface area (Å²) in [5.41, 5.74) is 4.67.